The first-order valence-corrected chi connectivity index (χ1v) is 7.34. The Kier molecular flexibility index (Phi) is 10.2. The van der Waals surface area contributed by atoms with Crippen molar-refractivity contribution in [3.63, 3.8) is 0 Å². The molecule has 1 aromatic rings. The van der Waals surface area contributed by atoms with Gasteiger partial charge in [-0.3, -0.25) is 9.69 Å². The molecule has 0 unspecified atom stereocenters. The van der Waals surface area contributed by atoms with Crippen LogP contribution in [0.2, 0.25) is 0 Å². The molecule has 0 saturated carbocycles. The summed E-state index contributed by atoms with van der Waals surface area (Å²) in [6.07, 6.45) is 0.613. The molecule has 1 aliphatic heterocycles. The third-order valence-corrected chi connectivity index (χ3v) is 4.13. The molecule has 4 nitrogen and oxygen atoms in total. The predicted molar refractivity (Wildman–Crippen MR) is 89.2 cm³/mol. The van der Waals surface area contributed by atoms with Crippen molar-refractivity contribution in [2.45, 2.75) is 13.0 Å². The van der Waals surface area contributed by atoms with E-state index < -0.39 is 0 Å². The first kappa shape index (κ1) is 19.7. The van der Waals surface area contributed by atoms with E-state index in [0.717, 1.165) is 39.3 Å². The minimum atomic E-state index is 0. The maximum atomic E-state index is 11.9. The molecule has 1 saturated heterocycles. The van der Waals surface area contributed by atoms with Crippen molar-refractivity contribution in [1.29, 1.82) is 0 Å². The quantitative estimate of drug-likeness (QED) is 0.889. The SMILES string of the molecule is CNCCC(=O)N1CCN(Cc2cccs2)CC1.Cl.Cl. The number of thiophene rings is 1. The fourth-order valence-electron chi connectivity index (χ4n) is 2.17. The van der Waals surface area contributed by atoms with Crippen molar-refractivity contribution in [2.24, 2.45) is 0 Å². The Morgan fingerprint density at radius 1 is 1.30 bits per heavy atom. The number of hydrogen-bond acceptors (Lipinski definition) is 4. The van der Waals surface area contributed by atoms with Crippen molar-refractivity contribution >= 4 is 42.1 Å². The van der Waals surface area contributed by atoms with Crippen LogP contribution in [0.1, 0.15) is 11.3 Å². The van der Waals surface area contributed by atoms with Gasteiger partial charge in [-0.05, 0) is 18.5 Å². The first-order valence-electron chi connectivity index (χ1n) is 6.46. The number of rotatable bonds is 5. The molecule has 20 heavy (non-hydrogen) atoms. The fourth-order valence-corrected chi connectivity index (χ4v) is 2.91. The Morgan fingerprint density at radius 3 is 2.55 bits per heavy atom. The molecule has 7 heteroatoms. The van der Waals surface area contributed by atoms with Gasteiger partial charge in [-0.25, -0.2) is 0 Å². The van der Waals surface area contributed by atoms with Gasteiger partial charge in [0.05, 0.1) is 0 Å². The zero-order valence-electron chi connectivity index (χ0n) is 11.7. The van der Waals surface area contributed by atoms with Crippen LogP contribution in [-0.4, -0.2) is 55.5 Å². The largest absolute Gasteiger partial charge is 0.340 e. The smallest absolute Gasteiger partial charge is 0.223 e. The van der Waals surface area contributed by atoms with E-state index in [0.29, 0.717) is 6.42 Å². The predicted octanol–water partition coefficient (Wildman–Crippen LogP) is 1.85. The van der Waals surface area contributed by atoms with Gasteiger partial charge in [0.2, 0.25) is 5.91 Å². The lowest BCUT2D eigenvalue weighted by atomic mass is 10.2. The molecular formula is C13H23Cl2N3OS. The molecule has 116 valence electrons. The average Bonchev–Trinajstić information content (AvgIpc) is 2.89. The third-order valence-electron chi connectivity index (χ3n) is 3.27. The maximum Gasteiger partial charge on any atom is 0.223 e. The second kappa shape index (κ2) is 10.4. The molecule has 0 aliphatic carbocycles. The van der Waals surface area contributed by atoms with Gasteiger partial charge in [-0.2, -0.15) is 0 Å². The molecule has 0 atom stereocenters. The Hall–Kier alpha value is -0.330. The summed E-state index contributed by atoms with van der Waals surface area (Å²) in [5.74, 6) is 0.278. The number of nitrogens with one attached hydrogen (secondary N) is 1. The molecule has 1 amide bonds. The second-order valence-corrected chi connectivity index (χ2v) is 5.62. The number of nitrogens with zero attached hydrogens (tertiary/aromatic N) is 2. The van der Waals surface area contributed by atoms with Crippen molar-refractivity contribution < 1.29 is 4.79 Å². The topological polar surface area (TPSA) is 35.6 Å². The monoisotopic (exact) mass is 339 g/mol. The molecule has 0 radical (unpaired) electrons. The molecule has 1 N–H and O–H groups in total. The highest BCUT2D eigenvalue weighted by Gasteiger charge is 2.20. The molecule has 2 heterocycles. The van der Waals surface area contributed by atoms with Gasteiger partial charge in [-0.15, -0.1) is 36.2 Å². The molecule has 2 rings (SSSR count). The van der Waals surface area contributed by atoms with Gasteiger partial charge >= 0.3 is 0 Å². The number of carbonyl (C=O) groups excluding carboxylic acids is 1. The van der Waals surface area contributed by atoms with E-state index in [1.165, 1.54) is 4.88 Å². The lowest BCUT2D eigenvalue weighted by molar-refractivity contribution is -0.132. The van der Waals surface area contributed by atoms with E-state index in [1.54, 1.807) is 11.3 Å². The maximum absolute atomic E-state index is 11.9. The lowest BCUT2D eigenvalue weighted by Gasteiger charge is -2.34. The Balaban J connectivity index is 0.00000180. The normalized spacial score (nSPS) is 15.3. The zero-order valence-corrected chi connectivity index (χ0v) is 14.2. The molecule has 1 aromatic heterocycles. The summed E-state index contributed by atoms with van der Waals surface area (Å²) in [4.78, 5) is 17.7. The molecule has 1 aliphatic rings. The highest BCUT2D eigenvalue weighted by atomic mass is 35.5. The van der Waals surface area contributed by atoms with Crippen molar-refractivity contribution in [3.8, 4) is 0 Å². The molecule has 0 aromatic carbocycles. The summed E-state index contributed by atoms with van der Waals surface area (Å²) in [5, 5.41) is 5.14. The number of amides is 1. The van der Waals surface area contributed by atoms with E-state index in [9.17, 15) is 4.79 Å². The van der Waals surface area contributed by atoms with Crippen LogP contribution in [-0.2, 0) is 11.3 Å². The first-order chi connectivity index (χ1) is 8.79. The summed E-state index contributed by atoms with van der Waals surface area (Å²) in [6.45, 7) is 5.51. The van der Waals surface area contributed by atoms with E-state index in [1.807, 2.05) is 11.9 Å². The summed E-state index contributed by atoms with van der Waals surface area (Å²) in [5.41, 5.74) is 0. The Bertz CT molecular complexity index is 368. The highest BCUT2D eigenvalue weighted by molar-refractivity contribution is 7.09. The van der Waals surface area contributed by atoms with Crippen LogP contribution >= 0.6 is 36.2 Å². The second-order valence-electron chi connectivity index (χ2n) is 4.59. The van der Waals surface area contributed by atoms with Crippen LogP contribution in [0, 0.1) is 0 Å². The van der Waals surface area contributed by atoms with Crippen LogP contribution in [0.15, 0.2) is 17.5 Å². The van der Waals surface area contributed by atoms with Crippen LogP contribution in [0.3, 0.4) is 0 Å². The summed E-state index contributed by atoms with van der Waals surface area (Å²) >= 11 is 1.80. The number of hydrogen-bond donors (Lipinski definition) is 1. The Morgan fingerprint density at radius 2 is 2.00 bits per heavy atom. The van der Waals surface area contributed by atoms with Crippen molar-refractivity contribution in [3.05, 3.63) is 22.4 Å². The number of carbonyl (C=O) groups is 1. The van der Waals surface area contributed by atoms with Crippen molar-refractivity contribution in [2.75, 3.05) is 39.8 Å². The summed E-state index contributed by atoms with van der Waals surface area (Å²) in [6, 6.07) is 4.27. The van der Waals surface area contributed by atoms with E-state index >= 15 is 0 Å². The lowest BCUT2D eigenvalue weighted by Crippen LogP contribution is -2.48. The van der Waals surface area contributed by atoms with Gasteiger partial charge in [0.25, 0.3) is 0 Å². The van der Waals surface area contributed by atoms with E-state index in [4.69, 9.17) is 0 Å². The van der Waals surface area contributed by atoms with Gasteiger partial charge in [0.1, 0.15) is 0 Å². The molecule has 0 spiro atoms. The molecule has 1 fully saturated rings. The van der Waals surface area contributed by atoms with Crippen molar-refractivity contribution in [1.82, 2.24) is 15.1 Å². The van der Waals surface area contributed by atoms with Crippen LogP contribution < -0.4 is 5.32 Å². The number of halogens is 2. The standard InChI is InChI=1S/C13H21N3OS.2ClH/c1-14-5-4-13(17)16-8-6-15(7-9-16)11-12-3-2-10-18-12;;/h2-3,10,14H,4-9,11H2,1H3;2*1H. The van der Waals surface area contributed by atoms with E-state index in [2.05, 4.69) is 27.7 Å². The van der Waals surface area contributed by atoms with Gasteiger partial charge in [0, 0.05) is 50.6 Å². The van der Waals surface area contributed by atoms with Gasteiger partial charge < -0.3 is 10.2 Å². The Labute approximate surface area is 137 Å². The average molecular weight is 340 g/mol. The molecular weight excluding hydrogens is 317 g/mol. The van der Waals surface area contributed by atoms with E-state index in [-0.39, 0.29) is 30.7 Å². The molecule has 0 bridgehead atoms. The number of piperazine rings is 1. The zero-order chi connectivity index (χ0) is 12.8. The van der Waals surface area contributed by atoms with Gasteiger partial charge in [-0.1, -0.05) is 6.07 Å². The third kappa shape index (κ3) is 5.97. The highest BCUT2D eigenvalue weighted by Crippen LogP contribution is 2.13. The van der Waals surface area contributed by atoms with Crippen LogP contribution in [0.25, 0.3) is 0 Å². The summed E-state index contributed by atoms with van der Waals surface area (Å²) in [7, 11) is 1.88. The van der Waals surface area contributed by atoms with Crippen LogP contribution in [0.5, 0.6) is 0 Å². The minimum absolute atomic E-state index is 0. The minimum Gasteiger partial charge on any atom is -0.340 e. The fraction of sp³-hybridized carbons (Fsp3) is 0.615. The van der Waals surface area contributed by atoms with Gasteiger partial charge in [0.15, 0.2) is 0 Å². The summed E-state index contributed by atoms with van der Waals surface area (Å²) < 4.78 is 0. The van der Waals surface area contributed by atoms with Crippen LogP contribution in [0.4, 0.5) is 0 Å².